The van der Waals surface area contributed by atoms with Crippen molar-refractivity contribution in [2.24, 2.45) is 17.9 Å². The third-order valence-corrected chi connectivity index (χ3v) is 11.1. The lowest BCUT2D eigenvalue weighted by molar-refractivity contribution is -0.141. The van der Waals surface area contributed by atoms with Crippen LogP contribution in [-0.4, -0.2) is 52.3 Å². The predicted octanol–water partition coefficient (Wildman–Crippen LogP) is 3.25. The number of aryl methyl sites for hydroxylation is 1. The van der Waals surface area contributed by atoms with Gasteiger partial charge in [-0.15, -0.1) is 0 Å². The van der Waals surface area contributed by atoms with E-state index < -0.39 is 20.3 Å². The van der Waals surface area contributed by atoms with Gasteiger partial charge in [-0.1, -0.05) is 56.3 Å². The zero-order chi connectivity index (χ0) is 24.8. The van der Waals surface area contributed by atoms with E-state index in [1.54, 1.807) is 22.8 Å². The first-order valence-electron chi connectivity index (χ1n) is 11.3. The predicted molar refractivity (Wildman–Crippen MR) is 129 cm³/mol. The van der Waals surface area contributed by atoms with Crippen LogP contribution < -0.4 is 5.73 Å². The summed E-state index contributed by atoms with van der Waals surface area (Å²) in [7, 11) is -0.556. The number of hydrogen-bond donors (Lipinski definition) is 1. The highest BCUT2D eigenvalue weighted by molar-refractivity contribution is 6.74. The van der Waals surface area contributed by atoms with Crippen LogP contribution in [-0.2, 0) is 27.8 Å². The molecule has 0 unspecified atom stereocenters. The van der Waals surface area contributed by atoms with Gasteiger partial charge < -0.3 is 15.2 Å². The molecule has 34 heavy (non-hydrogen) atoms. The van der Waals surface area contributed by atoms with Gasteiger partial charge in [0, 0.05) is 12.6 Å². The number of rotatable bonds is 7. The second-order valence-corrected chi connectivity index (χ2v) is 14.9. The molecule has 1 saturated heterocycles. The zero-order valence-electron chi connectivity index (χ0n) is 20.5. The summed E-state index contributed by atoms with van der Waals surface area (Å²) in [5.74, 6) is -0.745. The molecule has 0 saturated carbocycles. The smallest absolute Gasteiger partial charge is 0.345 e. The fourth-order valence-corrected chi connectivity index (χ4v) is 4.51. The van der Waals surface area contributed by atoms with Gasteiger partial charge in [0.1, 0.15) is 18.7 Å². The number of primary amides is 1. The molecular formula is C23H32N6O4Si. The fraction of sp³-hybridized carbons (Fsp3) is 0.478. The number of nitrogens with two attached hydrogens (primary N) is 1. The Hall–Kier alpha value is -3.18. The minimum Gasteiger partial charge on any atom is -0.454 e. The number of hydroxylamine groups is 2. The Morgan fingerprint density at radius 1 is 1.26 bits per heavy atom. The number of fused-ring (bicyclic) bond motifs is 4. The minimum absolute atomic E-state index is 0.0219. The number of oxime groups is 1. The maximum absolute atomic E-state index is 13.4. The van der Waals surface area contributed by atoms with E-state index in [0.717, 1.165) is 11.1 Å². The van der Waals surface area contributed by atoms with Crippen LogP contribution in [0.3, 0.4) is 0 Å². The van der Waals surface area contributed by atoms with Crippen LogP contribution in [0.1, 0.15) is 49.7 Å². The molecule has 2 aliphatic heterocycles. The fourth-order valence-electron chi connectivity index (χ4n) is 3.91. The summed E-state index contributed by atoms with van der Waals surface area (Å²) in [6.07, 6.45) is 1.70. The molecule has 2 N–H and O–H groups in total. The molecular weight excluding hydrogens is 452 g/mol. The van der Waals surface area contributed by atoms with E-state index in [1.807, 2.05) is 43.4 Å². The van der Waals surface area contributed by atoms with E-state index in [-0.39, 0.29) is 29.4 Å². The largest absolute Gasteiger partial charge is 0.454 e. The molecule has 182 valence electrons. The van der Waals surface area contributed by atoms with Gasteiger partial charge in [0.25, 0.3) is 14.2 Å². The normalized spacial score (nSPS) is 20.5. The second-order valence-electron chi connectivity index (χ2n) is 10.2. The first-order chi connectivity index (χ1) is 15.9. The van der Waals surface area contributed by atoms with Gasteiger partial charge in [-0.05, 0) is 23.7 Å². The van der Waals surface area contributed by atoms with Crippen LogP contribution in [0.4, 0.5) is 4.79 Å². The molecule has 3 amide bonds. The van der Waals surface area contributed by atoms with Gasteiger partial charge in [-0.2, -0.15) is 10.2 Å². The van der Waals surface area contributed by atoms with Crippen molar-refractivity contribution < 1.29 is 19.0 Å². The summed E-state index contributed by atoms with van der Waals surface area (Å²) in [6.45, 7) is 10.9. The Labute approximate surface area is 200 Å². The molecule has 10 nitrogen and oxygen atoms in total. The van der Waals surface area contributed by atoms with E-state index in [0.29, 0.717) is 12.2 Å². The lowest BCUT2D eigenvalue weighted by Gasteiger charge is -2.35. The molecule has 2 aromatic rings. The van der Waals surface area contributed by atoms with Gasteiger partial charge in [0.2, 0.25) is 0 Å². The van der Waals surface area contributed by atoms with Crippen LogP contribution in [0.15, 0.2) is 41.7 Å². The number of hydrogen-bond acceptors (Lipinski definition) is 6. The molecule has 1 aromatic carbocycles. The lowest BCUT2D eigenvalue weighted by Crippen LogP contribution is -2.45. The van der Waals surface area contributed by atoms with Gasteiger partial charge in [-0.25, -0.2) is 4.79 Å². The van der Waals surface area contributed by atoms with Crippen LogP contribution >= 0.6 is 0 Å². The number of carbonyl (C=O) groups excluding carboxylic acids is 2. The van der Waals surface area contributed by atoms with Crippen molar-refractivity contribution in [2.45, 2.75) is 57.6 Å². The summed E-state index contributed by atoms with van der Waals surface area (Å²) in [6, 6.07) is 8.09. The lowest BCUT2D eigenvalue weighted by atomic mass is 9.94. The zero-order valence-corrected chi connectivity index (χ0v) is 21.5. The van der Waals surface area contributed by atoms with E-state index in [2.05, 4.69) is 31.0 Å². The van der Waals surface area contributed by atoms with Gasteiger partial charge in [0.05, 0.1) is 18.4 Å². The van der Waals surface area contributed by atoms with Crippen molar-refractivity contribution in [3.05, 3.63) is 53.3 Å². The van der Waals surface area contributed by atoms with E-state index >= 15 is 0 Å². The molecule has 2 atom stereocenters. The average Bonchev–Trinajstić information content (AvgIpc) is 3.27. The molecule has 2 bridgehead atoms. The minimum atomic E-state index is -2.32. The number of amides is 3. The number of carbonyl (C=O) groups is 2. The summed E-state index contributed by atoms with van der Waals surface area (Å²) in [5.41, 5.74) is 8.17. The Morgan fingerprint density at radius 2 is 1.94 bits per heavy atom. The molecule has 1 fully saturated rings. The van der Waals surface area contributed by atoms with Gasteiger partial charge in [-0.3, -0.25) is 14.3 Å². The number of benzene rings is 1. The molecule has 3 heterocycles. The maximum atomic E-state index is 13.4. The molecule has 1 aromatic heterocycles. The van der Waals surface area contributed by atoms with E-state index in [9.17, 15) is 9.59 Å². The average molecular weight is 485 g/mol. The monoisotopic (exact) mass is 484 g/mol. The Bertz CT molecular complexity index is 1120. The van der Waals surface area contributed by atoms with Crippen molar-refractivity contribution >= 4 is 26.0 Å². The number of urea groups is 1. The van der Waals surface area contributed by atoms with Crippen LogP contribution in [0.25, 0.3) is 0 Å². The third-order valence-electron chi connectivity index (χ3n) is 6.93. The Morgan fingerprint density at radius 3 is 2.56 bits per heavy atom. The van der Waals surface area contributed by atoms with Crippen molar-refractivity contribution in [3.8, 4) is 0 Å². The SMILES string of the molecule is Cn1ncc2c1[C@@H](C(=NO[Si](C)(C)C(C)(C)C)C(N)=O)N1C[C@@H]2N(OCc2ccccc2)C1=O. The highest BCUT2D eigenvalue weighted by Crippen LogP contribution is 2.45. The molecule has 2 aliphatic rings. The van der Waals surface area contributed by atoms with Gasteiger partial charge >= 0.3 is 6.03 Å². The van der Waals surface area contributed by atoms with E-state index in [1.165, 1.54) is 5.06 Å². The first kappa shape index (κ1) is 24.0. The van der Waals surface area contributed by atoms with Gasteiger partial charge in [0.15, 0.2) is 5.71 Å². The summed E-state index contributed by atoms with van der Waals surface area (Å²) in [4.78, 5) is 33.5. The molecule has 11 heteroatoms. The maximum Gasteiger partial charge on any atom is 0.345 e. The van der Waals surface area contributed by atoms with Crippen molar-refractivity contribution in [1.29, 1.82) is 0 Å². The summed E-state index contributed by atoms with van der Waals surface area (Å²) in [5, 5.41) is 9.91. The first-order valence-corrected chi connectivity index (χ1v) is 14.2. The Balaban J connectivity index is 1.69. The third kappa shape index (κ3) is 4.09. The van der Waals surface area contributed by atoms with Crippen LogP contribution in [0, 0.1) is 0 Å². The summed E-state index contributed by atoms with van der Waals surface area (Å²) < 4.78 is 7.64. The second kappa shape index (κ2) is 8.55. The van der Waals surface area contributed by atoms with Crippen LogP contribution in [0.5, 0.6) is 0 Å². The van der Waals surface area contributed by atoms with E-state index in [4.69, 9.17) is 15.1 Å². The topological polar surface area (TPSA) is 115 Å². The van der Waals surface area contributed by atoms with Crippen molar-refractivity contribution in [2.75, 3.05) is 6.54 Å². The highest BCUT2D eigenvalue weighted by atomic mass is 28.4. The van der Waals surface area contributed by atoms with Crippen molar-refractivity contribution in [1.82, 2.24) is 19.7 Å². The number of aromatic nitrogens is 2. The standard InChI is InChI=1S/C23H32N6O4Si/c1-23(2,3)34(5,6)33-26-18(21(24)30)20-19-16(12-25-27(19)4)17-13-28(20)22(31)29(17)32-14-15-10-8-7-9-11-15/h7-12,17,20H,13-14H2,1-6H3,(H2,24,30)/t17-,20+/m0/s1. The number of nitrogens with zero attached hydrogens (tertiary/aromatic N) is 5. The molecule has 4 rings (SSSR count). The molecule has 0 spiro atoms. The quantitative estimate of drug-likeness (QED) is 0.368. The Kier molecular flexibility index (Phi) is 6.02. The van der Waals surface area contributed by atoms with Crippen LogP contribution in [0.2, 0.25) is 18.1 Å². The summed E-state index contributed by atoms with van der Waals surface area (Å²) >= 11 is 0. The van der Waals surface area contributed by atoms with Crippen molar-refractivity contribution in [3.63, 3.8) is 0 Å². The molecule has 0 aliphatic carbocycles. The highest BCUT2D eigenvalue weighted by Gasteiger charge is 2.53. The molecule has 0 radical (unpaired) electrons.